The van der Waals surface area contributed by atoms with Gasteiger partial charge in [-0.15, -0.1) is 0 Å². The Morgan fingerprint density at radius 3 is 2.00 bits per heavy atom. The molecule has 0 aliphatic heterocycles. The lowest BCUT2D eigenvalue weighted by Crippen LogP contribution is -2.27. The first-order valence-corrected chi connectivity index (χ1v) is 5.99. The van der Waals surface area contributed by atoms with Gasteiger partial charge < -0.3 is 5.32 Å². The predicted molar refractivity (Wildman–Crippen MR) is 68.7 cm³/mol. The van der Waals surface area contributed by atoms with Gasteiger partial charge in [0.25, 0.3) is 6.43 Å². The van der Waals surface area contributed by atoms with Crippen LogP contribution in [0.15, 0.2) is 54.6 Å². The van der Waals surface area contributed by atoms with Crippen LogP contribution in [0.25, 0.3) is 0 Å². The van der Waals surface area contributed by atoms with E-state index in [2.05, 4.69) is 5.32 Å². The largest absolute Gasteiger partial charge is 0.301 e. The third-order valence-corrected chi connectivity index (χ3v) is 2.81. The lowest BCUT2D eigenvalue weighted by atomic mass is 9.99. The first kappa shape index (κ1) is 13.6. The van der Waals surface area contributed by atoms with Gasteiger partial charge in [-0.1, -0.05) is 42.5 Å². The van der Waals surface area contributed by atoms with Crippen molar-refractivity contribution in [3.63, 3.8) is 0 Å². The Kier molecular flexibility index (Phi) is 4.58. The lowest BCUT2D eigenvalue weighted by molar-refractivity contribution is 0.143. The van der Waals surface area contributed by atoms with Crippen molar-refractivity contribution in [2.45, 2.75) is 12.5 Å². The number of hydrogen-bond donors (Lipinski definition) is 1. The number of alkyl halides is 2. The van der Waals surface area contributed by atoms with Crippen molar-refractivity contribution in [2.75, 3.05) is 6.54 Å². The third kappa shape index (κ3) is 3.83. The fourth-order valence-electron chi connectivity index (χ4n) is 1.94. The SMILES string of the molecule is Fc1ccc(C(NCC(F)F)c2ccccc2)cc1. The maximum atomic E-state index is 12.9. The van der Waals surface area contributed by atoms with Crippen molar-refractivity contribution in [1.82, 2.24) is 5.32 Å². The zero-order valence-electron chi connectivity index (χ0n) is 10.2. The standard InChI is InChI=1S/C15H14F3N/c16-13-8-6-12(7-9-13)15(19-10-14(17)18)11-4-2-1-3-5-11/h1-9,14-15,19H,10H2. The van der Waals surface area contributed by atoms with E-state index in [0.717, 1.165) is 11.1 Å². The van der Waals surface area contributed by atoms with E-state index in [0.29, 0.717) is 0 Å². The van der Waals surface area contributed by atoms with Gasteiger partial charge in [-0.25, -0.2) is 13.2 Å². The van der Waals surface area contributed by atoms with Gasteiger partial charge in [-0.05, 0) is 23.3 Å². The van der Waals surface area contributed by atoms with E-state index in [-0.39, 0.29) is 11.9 Å². The Balaban J connectivity index is 2.26. The molecule has 1 N–H and O–H groups in total. The summed E-state index contributed by atoms with van der Waals surface area (Å²) in [5, 5.41) is 2.80. The van der Waals surface area contributed by atoms with Gasteiger partial charge in [0.05, 0.1) is 12.6 Å². The van der Waals surface area contributed by atoms with E-state index in [1.165, 1.54) is 12.1 Å². The van der Waals surface area contributed by atoms with Crippen molar-refractivity contribution in [3.05, 3.63) is 71.5 Å². The summed E-state index contributed by atoms with van der Waals surface area (Å²) in [5.41, 5.74) is 1.63. The van der Waals surface area contributed by atoms with Gasteiger partial charge in [0.1, 0.15) is 5.82 Å². The molecule has 0 saturated carbocycles. The van der Waals surface area contributed by atoms with Crippen LogP contribution in [0, 0.1) is 5.82 Å². The Morgan fingerprint density at radius 2 is 1.42 bits per heavy atom. The molecule has 2 rings (SSSR count). The average Bonchev–Trinajstić information content (AvgIpc) is 2.42. The Labute approximate surface area is 110 Å². The maximum absolute atomic E-state index is 12.9. The number of benzene rings is 2. The summed E-state index contributed by atoms with van der Waals surface area (Å²) < 4.78 is 37.7. The van der Waals surface area contributed by atoms with Crippen LogP contribution in [0.2, 0.25) is 0 Å². The second-order valence-corrected chi connectivity index (χ2v) is 4.19. The van der Waals surface area contributed by atoms with E-state index >= 15 is 0 Å². The van der Waals surface area contributed by atoms with Crippen LogP contribution in [0.3, 0.4) is 0 Å². The monoisotopic (exact) mass is 265 g/mol. The zero-order valence-corrected chi connectivity index (χ0v) is 10.2. The first-order chi connectivity index (χ1) is 9.16. The van der Waals surface area contributed by atoms with Gasteiger partial charge in [-0.2, -0.15) is 0 Å². The summed E-state index contributed by atoms with van der Waals surface area (Å²) >= 11 is 0. The summed E-state index contributed by atoms with van der Waals surface area (Å²) in [5.74, 6) is -0.343. The average molecular weight is 265 g/mol. The normalized spacial score (nSPS) is 12.6. The van der Waals surface area contributed by atoms with Crippen molar-refractivity contribution in [1.29, 1.82) is 0 Å². The molecule has 1 nitrogen and oxygen atoms in total. The van der Waals surface area contributed by atoms with Gasteiger partial charge >= 0.3 is 0 Å². The van der Waals surface area contributed by atoms with Crippen LogP contribution in [-0.2, 0) is 0 Å². The van der Waals surface area contributed by atoms with E-state index in [1.807, 2.05) is 30.3 Å². The molecule has 2 aromatic rings. The molecule has 0 saturated heterocycles. The number of halogens is 3. The summed E-state index contributed by atoms with van der Waals surface area (Å²) in [6.07, 6.45) is -2.42. The Morgan fingerprint density at radius 1 is 0.842 bits per heavy atom. The van der Waals surface area contributed by atoms with E-state index < -0.39 is 13.0 Å². The number of hydrogen-bond acceptors (Lipinski definition) is 1. The number of nitrogens with one attached hydrogen (secondary N) is 1. The van der Waals surface area contributed by atoms with Crippen molar-refractivity contribution < 1.29 is 13.2 Å². The van der Waals surface area contributed by atoms with Gasteiger partial charge in [-0.3, -0.25) is 0 Å². The summed E-state index contributed by atoms with van der Waals surface area (Å²) in [6.45, 7) is -0.406. The molecule has 19 heavy (non-hydrogen) atoms. The highest BCUT2D eigenvalue weighted by Crippen LogP contribution is 2.22. The topological polar surface area (TPSA) is 12.0 Å². The highest BCUT2D eigenvalue weighted by Gasteiger charge is 2.15. The number of rotatable bonds is 5. The molecular formula is C15H14F3N. The molecule has 0 fully saturated rings. The predicted octanol–water partition coefficient (Wildman–Crippen LogP) is 3.77. The molecule has 2 aromatic carbocycles. The molecule has 0 aliphatic carbocycles. The Hall–Kier alpha value is -1.81. The quantitative estimate of drug-likeness (QED) is 0.867. The molecule has 0 aromatic heterocycles. The molecule has 0 bridgehead atoms. The van der Waals surface area contributed by atoms with Crippen molar-refractivity contribution in [2.24, 2.45) is 0 Å². The molecule has 0 aliphatic rings. The van der Waals surface area contributed by atoms with Gasteiger partial charge in [0, 0.05) is 0 Å². The van der Waals surface area contributed by atoms with Crippen LogP contribution < -0.4 is 5.32 Å². The molecular weight excluding hydrogens is 251 g/mol. The molecule has 0 spiro atoms. The molecule has 100 valence electrons. The minimum Gasteiger partial charge on any atom is -0.301 e. The lowest BCUT2D eigenvalue weighted by Gasteiger charge is -2.19. The molecule has 1 atom stereocenters. The summed E-state index contributed by atoms with van der Waals surface area (Å²) in [7, 11) is 0. The second kappa shape index (κ2) is 6.38. The fraction of sp³-hybridized carbons (Fsp3) is 0.200. The second-order valence-electron chi connectivity index (χ2n) is 4.19. The van der Waals surface area contributed by atoms with Crippen LogP contribution in [0.1, 0.15) is 17.2 Å². The van der Waals surface area contributed by atoms with Crippen LogP contribution in [0.5, 0.6) is 0 Å². The highest BCUT2D eigenvalue weighted by atomic mass is 19.3. The maximum Gasteiger partial charge on any atom is 0.250 e. The smallest absolute Gasteiger partial charge is 0.250 e. The minimum atomic E-state index is -2.42. The molecule has 0 heterocycles. The fourth-order valence-corrected chi connectivity index (χ4v) is 1.94. The van der Waals surface area contributed by atoms with Crippen molar-refractivity contribution >= 4 is 0 Å². The van der Waals surface area contributed by atoms with Gasteiger partial charge in [0.15, 0.2) is 0 Å². The van der Waals surface area contributed by atoms with Crippen LogP contribution in [0.4, 0.5) is 13.2 Å². The van der Waals surface area contributed by atoms with Crippen LogP contribution >= 0.6 is 0 Å². The minimum absolute atomic E-state index is 0.343. The summed E-state index contributed by atoms with van der Waals surface area (Å²) in [6, 6.07) is 14.8. The first-order valence-electron chi connectivity index (χ1n) is 5.99. The molecule has 1 unspecified atom stereocenters. The highest BCUT2D eigenvalue weighted by molar-refractivity contribution is 5.31. The van der Waals surface area contributed by atoms with E-state index in [1.54, 1.807) is 12.1 Å². The van der Waals surface area contributed by atoms with E-state index in [9.17, 15) is 13.2 Å². The molecule has 0 radical (unpaired) electrons. The Bertz CT molecular complexity index is 497. The molecule has 4 heteroatoms. The molecule has 0 amide bonds. The van der Waals surface area contributed by atoms with E-state index in [4.69, 9.17) is 0 Å². The van der Waals surface area contributed by atoms with Crippen LogP contribution in [-0.4, -0.2) is 13.0 Å². The summed E-state index contributed by atoms with van der Waals surface area (Å²) in [4.78, 5) is 0. The zero-order chi connectivity index (χ0) is 13.7. The van der Waals surface area contributed by atoms with Crippen molar-refractivity contribution in [3.8, 4) is 0 Å². The van der Waals surface area contributed by atoms with Gasteiger partial charge in [0.2, 0.25) is 0 Å². The third-order valence-electron chi connectivity index (χ3n) is 2.81.